The van der Waals surface area contributed by atoms with Crippen molar-refractivity contribution >= 4 is 34.7 Å². The van der Waals surface area contributed by atoms with Gasteiger partial charge in [0, 0.05) is 11.1 Å². The Hall–Kier alpha value is 0.0600. The van der Waals surface area contributed by atoms with Gasteiger partial charge in [0.05, 0.1) is 11.6 Å². The summed E-state index contributed by atoms with van der Waals surface area (Å²) in [5.74, 6) is -0.605. The SMILES string of the molecule is FC(F)(F)CSc1ncc(CCl)s1. The number of aromatic nitrogens is 1. The van der Waals surface area contributed by atoms with E-state index in [2.05, 4.69) is 4.98 Å². The number of alkyl halides is 4. The minimum Gasteiger partial charge on any atom is -0.238 e. The average molecular weight is 248 g/mol. The zero-order valence-corrected chi connectivity index (χ0v) is 8.66. The molecule has 1 nitrogen and oxygen atoms in total. The average Bonchev–Trinajstić information content (AvgIpc) is 2.47. The molecule has 0 amide bonds. The molecule has 1 aromatic heterocycles. The molecule has 0 N–H and O–H groups in total. The molecule has 0 atom stereocenters. The molecule has 0 aliphatic rings. The Morgan fingerprint density at radius 3 is 2.69 bits per heavy atom. The summed E-state index contributed by atoms with van der Waals surface area (Å²) in [7, 11) is 0. The van der Waals surface area contributed by atoms with Crippen molar-refractivity contribution in [2.45, 2.75) is 16.4 Å². The van der Waals surface area contributed by atoms with Crippen LogP contribution in [0.25, 0.3) is 0 Å². The largest absolute Gasteiger partial charge is 0.398 e. The molecule has 0 saturated carbocycles. The molecule has 1 heterocycles. The maximum absolute atomic E-state index is 11.8. The standard InChI is InChI=1S/C6H5ClF3NS2/c7-1-4-2-11-5(13-4)12-3-6(8,9)10/h2H,1,3H2. The lowest BCUT2D eigenvalue weighted by Crippen LogP contribution is -2.10. The van der Waals surface area contributed by atoms with Crippen LogP contribution < -0.4 is 0 Å². The number of hydrogen-bond acceptors (Lipinski definition) is 3. The highest BCUT2D eigenvalue weighted by Gasteiger charge is 2.27. The van der Waals surface area contributed by atoms with Crippen molar-refractivity contribution in [1.29, 1.82) is 0 Å². The Morgan fingerprint density at radius 2 is 2.23 bits per heavy atom. The van der Waals surface area contributed by atoms with Crippen molar-refractivity contribution in [1.82, 2.24) is 4.98 Å². The van der Waals surface area contributed by atoms with E-state index in [1.807, 2.05) is 0 Å². The first kappa shape index (κ1) is 11.1. The number of thiazole rings is 1. The molecule has 0 fully saturated rings. The fraction of sp³-hybridized carbons (Fsp3) is 0.500. The second-order valence-corrected chi connectivity index (χ2v) is 4.73. The molecule has 7 heteroatoms. The highest BCUT2D eigenvalue weighted by molar-refractivity contribution is 8.01. The number of rotatable bonds is 3. The van der Waals surface area contributed by atoms with Gasteiger partial charge >= 0.3 is 6.18 Å². The van der Waals surface area contributed by atoms with Gasteiger partial charge in [0.15, 0.2) is 0 Å². The van der Waals surface area contributed by atoms with Crippen LogP contribution in [0.3, 0.4) is 0 Å². The van der Waals surface area contributed by atoms with Gasteiger partial charge in [0.1, 0.15) is 4.34 Å². The van der Waals surface area contributed by atoms with Gasteiger partial charge in [0.25, 0.3) is 0 Å². The summed E-state index contributed by atoms with van der Waals surface area (Å²) in [4.78, 5) is 4.57. The van der Waals surface area contributed by atoms with E-state index in [0.29, 0.717) is 22.0 Å². The monoisotopic (exact) mass is 247 g/mol. The van der Waals surface area contributed by atoms with Gasteiger partial charge in [-0.25, -0.2) is 4.98 Å². The van der Waals surface area contributed by atoms with Crippen LogP contribution in [0.15, 0.2) is 10.5 Å². The van der Waals surface area contributed by atoms with E-state index in [1.54, 1.807) is 0 Å². The predicted molar refractivity (Wildman–Crippen MR) is 48.5 cm³/mol. The molecule has 0 saturated heterocycles. The molecule has 0 aliphatic heterocycles. The third-order valence-corrected chi connectivity index (χ3v) is 3.69. The molecule has 0 bridgehead atoms. The van der Waals surface area contributed by atoms with Crippen molar-refractivity contribution in [3.63, 3.8) is 0 Å². The van der Waals surface area contributed by atoms with Crippen LogP contribution in [0.5, 0.6) is 0 Å². The number of nitrogens with zero attached hydrogens (tertiary/aromatic N) is 1. The molecule has 13 heavy (non-hydrogen) atoms. The molecule has 1 aromatic rings. The first-order chi connectivity index (χ1) is 6.01. The summed E-state index contributed by atoms with van der Waals surface area (Å²) < 4.78 is 35.7. The molecule has 0 radical (unpaired) electrons. The Balaban J connectivity index is 2.46. The Kier molecular flexibility index (Phi) is 3.87. The molecule has 0 unspecified atom stereocenters. The van der Waals surface area contributed by atoms with Crippen molar-refractivity contribution in [3.8, 4) is 0 Å². The van der Waals surface area contributed by atoms with Gasteiger partial charge in [-0.1, -0.05) is 11.8 Å². The molecule has 1 rings (SSSR count). The van der Waals surface area contributed by atoms with Crippen molar-refractivity contribution in [2.24, 2.45) is 0 Å². The van der Waals surface area contributed by atoms with Crippen LogP contribution in [-0.2, 0) is 5.88 Å². The third kappa shape index (κ3) is 4.19. The predicted octanol–water partition coefficient (Wildman–Crippen LogP) is 3.54. The van der Waals surface area contributed by atoms with E-state index >= 15 is 0 Å². The Morgan fingerprint density at radius 1 is 1.54 bits per heavy atom. The van der Waals surface area contributed by atoms with Crippen LogP contribution in [-0.4, -0.2) is 16.9 Å². The lowest BCUT2D eigenvalue weighted by atomic mass is 10.6. The van der Waals surface area contributed by atoms with Gasteiger partial charge in [-0.2, -0.15) is 13.2 Å². The van der Waals surface area contributed by atoms with E-state index in [1.165, 1.54) is 17.5 Å². The zero-order valence-electron chi connectivity index (χ0n) is 6.27. The quantitative estimate of drug-likeness (QED) is 0.599. The van der Waals surface area contributed by atoms with Gasteiger partial charge in [0.2, 0.25) is 0 Å². The fourth-order valence-electron chi connectivity index (χ4n) is 0.562. The summed E-state index contributed by atoms with van der Waals surface area (Å²) in [6, 6.07) is 0. The normalized spacial score (nSPS) is 12.0. The first-order valence-electron chi connectivity index (χ1n) is 3.21. The minimum absolute atomic E-state index is 0.296. The highest BCUT2D eigenvalue weighted by atomic mass is 35.5. The van der Waals surface area contributed by atoms with E-state index in [9.17, 15) is 13.2 Å². The highest BCUT2D eigenvalue weighted by Crippen LogP contribution is 2.30. The lowest BCUT2D eigenvalue weighted by Gasteiger charge is -2.02. The topological polar surface area (TPSA) is 12.9 Å². The number of hydrogen-bond donors (Lipinski definition) is 0. The van der Waals surface area contributed by atoms with Crippen LogP contribution in [0, 0.1) is 0 Å². The van der Waals surface area contributed by atoms with Gasteiger partial charge in [-0.15, -0.1) is 22.9 Å². The number of halogens is 4. The van der Waals surface area contributed by atoms with Crippen molar-refractivity contribution in [2.75, 3.05) is 5.75 Å². The molecular weight excluding hydrogens is 243 g/mol. The smallest absolute Gasteiger partial charge is 0.238 e. The van der Waals surface area contributed by atoms with E-state index < -0.39 is 11.9 Å². The second-order valence-electron chi connectivity index (χ2n) is 2.13. The number of thioether (sulfide) groups is 1. The zero-order chi connectivity index (χ0) is 9.90. The third-order valence-electron chi connectivity index (χ3n) is 1.02. The summed E-state index contributed by atoms with van der Waals surface area (Å²) in [5, 5.41) is 0. The molecule has 0 aromatic carbocycles. The fourth-order valence-corrected chi connectivity index (χ4v) is 2.43. The Bertz CT molecular complexity index is 273. The maximum atomic E-state index is 11.8. The lowest BCUT2D eigenvalue weighted by molar-refractivity contribution is -0.105. The first-order valence-corrected chi connectivity index (χ1v) is 5.55. The van der Waals surface area contributed by atoms with Gasteiger partial charge in [-0.3, -0.25) is 0 Å². The van der Waals surface area contributed by atoms with E-state index in [-0.39, 0.29) is 0 Å². The van der Waals surface area contributed by atoms with Crippen molar-refractivity contribution < 1.29 is 13.2 Å². The maximum Gasteiger partial charge on any atom is 0.398 e. The summed E-state index contributed by atoms with van der Waals surface area (Å²) in [6.07, 6.45) is -2.65. The molecule has 0 spiro atoms. The van der Waals surface area contributed by atoms with E-state index in [4.69, 9.17) is 11.6 Å². The van der Waals surface area contributed by atoms with Crippen LogP contribution in [0.2, 0.25) is 0 Å². The Labute approximate surface area is 86.3 Å². The van der Waals surface area contributed by atoms with Crippen LogP contribution in [0.4, 0.5) is 13.2 Å². The van der Waals surface area contributed by atoms with Crippen LogP contribution >= 0.6 is 34.7 Å². The molecule has 74 valence electrons. The summed E-state index contributed by atoms with van der Waals surface area (Å²) in [6.45, 7) is 0. The second kappa shape index (κ2) is 4.52. The van der Waals surface area contributed by atoms with E-state index in [0.717, 1.165) is 4.88 Å². The summed E-state index contributed by atoms with van der Waals surface area (Å²) in [5.41, 5.74) is 0. The minimum atomic E-state index is -4.14. The molecule has 0 aliphatic carbocycles. The summed E-state index contributed by atoms with van der Waals surface area (Å²) >= 11 is 7.35. The van der Waals surface area contributed by atoms with Gasteiger partial charge < -0.3 is 0 Å². The molecular formula is C6H5ClF3NS2. The van der Waals surface area contributed by atoms with Crippen molar-refractivity contribution in [3.05, 3.63) is 11.1 Å². The van der Waals surface area contributed by atoms with Gasteiger partial charge in [-0.05, 0) is 0 Å². The van der Waals surface area contributed by atoms with Crippen LogP contribution in [0.1, 0.15) is 4.88 Å².